The lowest BCUT2D eigenvalue weighted by atomic mass is 9.81. The number of amides is 1. The molecule has 1 aromatic rings. The molecule has 3 nitrogen and oxygen atoms in total. The number of carbonyl (C=O) groups is 1. The Labute approximate surface area is 138 Å². The molecule has 3 N–H and O–H groups in total. The van der Waals surface area contributed by atoms with Gasteiger partial charge in [-0.2, -0.15) is 0 Å². The van der Waals surface area contributed by atoms with Gasteiger partial charge in [0, 0.05) is 11.4 Å². The maximum absolute atomic E-state index is 12.6. The lowest BCUT2D eigenvalue weighted by Crippen LogP contribution is -2.41. The summed E-state index contributed by atoms with van der Waals surface area (Å²) in [7, 11) is 0. The summed E-state index contributed by atoms with van der Waals surface area (Å²) in [6, 6.07) is 0. The van der Waals surface area contributed by atoms with Crippen molar-refractivity contribution in [3.8, 4) is 0 Å². The largest absolute Gasteiger partial charge is 0.329 e. The lowest BCUT2D eigenvalue weighted by Gasteiger charge is -2.28. The van der Waals surface area contributed by atoms with E-state index in [9.17, 15) is 4.79 Å². The molecule has 1 heterocycles. The van der Waals surface area contributed by atoms with Crippen molar-refractivity contribution in [3.63, 3.8) is 0 Å². The van der Waals surface area contributed by atoms with Crippen molar-refractivity contribution in [2.45, 2.75) is 59.3 Å². The second-order valence-electron chi connectivity index (χ2n) is 5.81. The average molecular weight is 331 g/mol. The van der Waals surface area contributed by atoms with E-state index in [-0.39, 0.29) is 18.3 Å². The third-order valence-corrected chi connectivity index (χ3v) is 6.20. The number of aryl methyl sites for hydroxylation is 1. The fraction of sp³-hybridized carbons (Fsp3) is 0.688. The van der Waals surface area contributed by atoms with E-state index in [0.717, 1.165) is 24.3 Å². The summed E-state index contributed by atoms with van der Waals surface area (Å²) < 4.78 is 0. The van der Waals surface area contributed by atoms with Crippen LogP contribution in [0.25, 0.3) is 0 Å². The minimum atomic E-state index is -0.420. The number of rotatable bonds is 5. The van der Waals surface area contributed by atoms with E-state index in [1.807, 2.05) is 13.8 Å². The van der Waals surface area contributed by atoms with E-state index < -0.39 is 5.41 Å². The summed E-state index contributed by atoms with van der Waals surface area (Å²) in [5, 5.41) is 4.20. The summed E-state index contributed by atoms with van der Waals surface area (Å²) in [4.78, 5) is 14.1. The number of hydrogen-bond acceptors (Lipinski definition) is 3. The van der Waals surface area contributed by atoms with Crippen LogP contribution in [0.2, 0.25) is 0 Å². The highest BCUT2D eigenvalue weighted by molar-refractivity contribution is 7.16. The molecule has 0 saturated carbocycles. The van der Waals surface area contributed by atoms with Gasteiger partial charge in [-0.05, 0) is 56.6 Å². The molecule has 0 saturated heterocycles. The molecule has 1 aliphatic carbocycles. The molecule has 21 heavy (non-hydrogen) atoms. The quantitative estimate of drug-likeness (QED) is 0.855. The van der Waals surface area contributed by atoms with Crippen molar-refractivity contribution in [3.05, 3.63) is 16.0 Å². The number of hydrogen-bond donors (Lipinski definition) is 2. The third kappa shape index (κ3) is 3.43. The topological polar surface area (TPSA) is 55.1 Å². The fourth-order valence-corrected chi connectivity index (χ4v) is 4.32. The van der Waals surface area contributed by atoms with Crippen molar-refractivity contribution in [2.24, 2.45) is 11.1 Å². The summed E-state index contributed by atoms with van der Waals surface area (Å²) in [6.07, 6.45) is 6.45. The molecule has 0 aliphatic heterocycles. The Bertz CT molecular complexity index is 486. The number of nitrogens with two attached hydrogens (primary N) is 1. The van der Waals surface area contributed by atoms with E-state index in [2.05, 4.69) is 12.2 Å². The first-order chi connectivity index (χ1) is 9.57. The Balaban J connectivity index is 0.00000220. The zero-order valence-electron chi connectivity index (χ0n) is 13.3. The maximum atomic E-state index is 12.6. The molecule has 2 rings (SSSR count). The van der Waals surface area contributed by atoms with Gasteiger partial charge in [-0.15, -0.1) is 23.7 Å². The molecule has 120 valence electrons. The standard InChI is InChI=1S/C16H26N2OS.ClH/c1-4-16(5-2,10-17)15(19)18-14-11(3)12-8-6-7-9-13(12)20-14;/h4-10,17H2,1-3H3,(H,18,19);1H. The molecule has 1 amide bonds. The summed E-state index contributed by atoms with van der Waals surface area (Å²) in [6.45, 7) is 6.64. The van der Waals surface area contributed by atoms with Gasteiger partial charge in [0.05, 0.1) is 10.4 Å². The third-order valence-electron chi connectivity index (χ3n) is 4.89. The van der Waals surface area contributed by atoms with E-state index in [1.165, 1.54) is 35.3 Å². The number of thiophene rings is 1. The molecule has 0 fully saturated rings. The van der Waals surface area contributed by atoms with Gasteiger partial charge in [0.15, 0.2) is 0 Å². The molecule has 1 aliphatic rings. The summed E-state index contributed by atoms with van der Waals surface area (Å²) in [5.41, 5.74) is 8.19. The normalized spacial score (nSPS) is 14.3. The van der Waals surface area contributed by atoms with Crippen LogP contribution in [-0.2, 0) is 17.6 Å². The summed E-state index contributed by atoms with van der Waals surface area (Å²) in [5.74, 6) is 0.0895. The van der Waals surface area contributed by atoms with Crippen LogP contribution in [0.15, 0.2) is 0 Å². The first-order valence-electron chi connectivity index (χ1n) is 7.70. The van der Waals surface area contributed by atoms with Gasteiger partial charge in [0.25, 0.3) is 0 Å². The number of anilines is 1. The molecular formula is C16H27ClN2OS. The van der Waals surface area contributed by atoms with E-state index in [1.54, 1.807) is 11.3 Å². The molecule has 0 atom stereocenters. The number of fused-ring (bicyclic) bond motifs is 1. The minimum absolute atomic E-state index is 0. The Morgan fingerprint density at radius 1 is 1.29 bits per heavy atom. The van der Waals surface area contributed by atoms with Gasteiger partial charge in [-0.1, -0.05) is 13.8 Å². The first kappa shape index (κ1) is 18.5. The molecule has 0 bridgehead atoms. The minimum Gasteiger partial charge on any atom is -0.329 e. The Kier molecular flexibility index (Phi) is 6.70. The van der Waals surface area contributed by atoms with Crippen molar-refractivity contribution in [1.82, 2.24) is 0 Å². The SMILES string of the molecule is CCC(CC)(CN)C(=O)Nc1sc2c(c1C)CCCC2.Cl. The summed E-state index contributed by atoms with van der Waals surface area (Å²) >= 11 is 1.77. The van der Waals surface area contributed by atoms with E-state index in [4.69, 9.17) is 5.73 Å². The van der Waals surface area contributed by atoms with Crippen molar-refractivity contribution < 1.29 is 4.79 Å². The first-order valence-corrected chi connectivity index (χ1v) is 8.52. The Morgan fingerprint density at radius 2 is 1.90 bits per heavy atom. The highest BCUT2D eigenvalue weighted by Gasteiger charge is 2.34. The van der Waals surface area contributed by atoms with Crippen LogP contribution >= 0.6 is 23.7 Å². The van der Waals surface area contributed by atoms with Crippen LogP contribution in [0.1, 0.15) is 55.5 Å². The van der Waals surface area contributed by atoms with Gasteiger partial charge in [0.1, 0.15) is 0 Å². The zero-order chi connectivity index (χ0) is 14.8. The molecule has 1 aromatic heterocycles. The second-order valence-corrected chi connectivity index (χ2v) is 6.92. The van der Waals surface area contributed by atoms with Gasteiger partial charge in [-0.3, -0.25) is 4.79 Å². The Morgan fingerprint density at radius 3 is 2.43 bits per heavy atom. The van der Waals surface area contributed by atoms with Crippen molar-refractivity contribution in [2.75, 3.05) is 11.9 Å². The fourth-order valence-electron chi connectivity index (χ4n) is 3.03. The average Bonchev–Trinajstić information content (AvgIpc) is 2.78. The van der Waals surface area contributed by atoms with Gasteiger partial charge < -0.3 is 11.1 Å². The number of halogens is 1. The van der Waals surface area contributed by atoms with Crippen molar-refractivity contribution in [1.29, 1.82) is 0 Å². The maximum Gasteiger partial charge on any atom is 0.232 e. The van der Waals surface area contributed by atoms with E-state index >= 15 is 0 Å². The van der Waals surface area contributed by atoms with Gasteiger partial charge in [0.2, 0.25) is 5.91 Å². The molecule has 0 aromatic carbocycles. The molecule has 0 spiro atoms. The Hall–Kier alpha value is -0.580. The van der Waals surface area contributed by atoms with Crippen LogP contribution in [0.3, 0.4) is 0 Å². The van der Waals surface area contributed by atoms with Crippen LogP contribution in [0.4, 0.5) is 5.00 Å². The van der Waals surface area contributed by atoms with Crippen molar-refractivity contribution >= 4 is 34.7 Å². The number of carbonyl (C=O) groups excluding carboxylic acids is 1. The highest BCUT2D eigenvalue weighted by atomic mass is 35.5. The lowest BCUT2D eigenvalue weighted by molar-refractivity contribution is -0.125. The van der Waals surface area contributed by atoms with Crippen LogP contribution in [0.5, 0.6) is 0 Å². The zero-order valence-corrected chi connectivity index (χ0v) is 14.9. The highest BCUT2D eigenvalue weighted by Crippen LogP contribution is 2.38. The van der Waals surface area contributed by atoms with Gasteiger partial charge in [-0.25, -0.2) is 0 Å². The smallest absolute Gasteiger partial charge is 0.232 e. The number of nitrogens with one attached hydrogen (secondary N) is 1. The molecule has 0 unspecified atom stereocenters. The van der Waals surface area contributed by atoms with Crippen LogP contribution in [-0.4, -0.2) is 12.5 Å². The van der Waals surface area contributed by atoms with Crippen LogP contribution < -0.4 is 11.1 Å². The molecule has 0 radical (unpaired) electrons. The van der Waals surface area contributed by atoms with Crippen LogP contribution in [0, 0.1) is 12.3 Å². The molecule has 5 heteroatoms. The van der Waals surface area contributed by atoms with E-state index in [0.29, 0.717) is 6.54 Å². The molecular weight excluding hydrogens is 304 g/mol. The second kappa shape index (κ2) is 7.61. The predicted octanol–water partition coefficient (Wildman–Crippen LogP) is 4.06. The predicted molar refractivity (Wildman–Crippen MR) is 93.6 cm³/mol. The monoisotopic (exact) mass is 330 g/mol. The van der Waals surface area contributed by atoms with Gasteiger partial charge >= 0.3 is 0 Å².